The molecule has 2 rings (SSSR count). The van der Waals surface area contributed by atoms with Crippen molar-refractivity contribution in [2.75, 3.05) is 6.61 Å². The van der Waals surface area contributed by atoms with Crippen molar-refractivity contribution in [3.05, 3.63) is 33.3 Å². The maximum Gasteiger partial charge on any atom is 0.0627 e. The summed E-state index contributed by atoms with van der Waals surface area (Å²) in [5.41, 5.74) is 0.983. The van der Waals surface area contributed by atoms with Crippen LogP contribution < -0.4 is 5.32 Å². The monoisotopic (exact) mass is 345 g/mol. The van der Waals surface area contributed by atoms with Crippen LogP contribution in [0.3, 0.4) is 0 Å². The molecule has 0 aliphatic heterocycles. The fraction of sp³-hybridized carbons (Fsp3) is 0.600. The van der Waals surface area contributed by atoms with E-state index in [1.165, 1.54) is 38.5 Å². The average molecular weight is 347 g/mol. The SMILES string of the molecule is OCC(NC1CCCCCC1)c1ccc(Br)cc1Cl. The Morgan fingerprint density at radius 3 is 2.53 bits per heavy atom. The van der Waals surface area contributed by atoms with Crippen LogP contribution in [0.4, 0.5) is 0 Å². The summed E-state index contributed by atoms with van der Waals surface area (Å²) in [4.78, 5) is 0. The molecular formula is C15H21BrClNO. The minimum Gasteiger partial charge on any atom is -0.394 e. The second-order valence-electron chi connectivity index (χ2n) is 5.26. The van der Waals surface area contributed by atoms with E-state index >= 15 is 0 Å². The van der Waals surface area contributed by atoms with E-state index < -0.39 is 0 Å². The van der Waals surface area contributed by atoms with Crippen LogP contribution in [-0.2, 0) is 0 Å². The van der Waals surface area contributed by atoms with Gasteiger partial charge in [0.1, 0.15) is 0 Å². The Morgan fingerprint density at radius 1 is 1.26 bits per heavy atom. The van der Waals surface area contributed by atoms with Crippen LogP contribution in [0.25, 0.3) is 0 Å². The van der Waals surface area contributed by atoms with Gasteiger partial charge in [-0.25, -0.2) is 0 Å². The van der Waals surface area contributed by atoms with Gasteiger partial charge in [-0.1, -0.05) is 59.3 Å². The van der Waals surface area contributed by atoms with Crippen molar-refractivity contribution < 1.29 is 5.11 Å². The first-order valence-electron chi connectivity index (χ1n) is 7.02. The van der Waals surface area contributed by atoms with Gasteiger partial charge in [0.2, 0.25) is 0 Å². The van der Waals surface area contributed by atoms with Gasteiger partial charge in [0.15, 0.2) is 0 Å². The molecule has 1 aromatic carbocycles. The number of aliphatic hydroxyl groups excluding tert-OH is 1. The molecule has 0 aromatic heterocycles. The van der Waals surface area contributed by atoms with Crippen LogP contribution in [-0.4, -0.2) is 17.8 Å². The van der Waals surface area contributed by atoms with E-state index in [4.69, 9.17) is 11.6 Å². The number of rotatable bonds is 4. The Morgan fingerprint density at radius 2 is 1.95 bits per heavy atom. The summed E-state index contributed by atoms with van der Waals surface area (Å²) in [5, 5.41) is 13.9. The summed E-state index contributed by atoms with van der Waals surface area (Å²) < 4.78 is 0.965. The van der Waals surface area contributed by atoms with Crippen molar-refractivity contribution >= 4 is 27.5 Å². The van der Waals surface area contributed by atoms with Gasteiger partial charge < -0.3 is 10.4 Å². The number of hydrogen-bond acceptors (Lipinski definition) is 2. The molecule has 0 radical (unpaired) electrons. The molecule has 0 spiro atoms. The molecule has 2 N–H and O–H groups in total. The van der Waals surface area contributed by atoms with Crippen LogP contribution in [0, 0.1) is 0 Å². The lowest BCUT2D eigenvalue weighted by molar-refractivity contribution is 0.228. The van der Waals surface area contributed by atoms with Crippen molar-refractivity contribution in [1.82, 2.24) is 5.32 Å². The normalized spacial score (nSPS) is 19.1. The molecule has 1 atom stereocenters. The highest BCUT2D eigenvalue weighted by Gasteiger charge is 2.19. The summed E-state index contributed by atoms with van der Waals surface area (Å²) in [7, 11) is 0. The van der Waals surface area contributed by atoms with Gasteiger partial charge in [0.25, 0.3) is 0 Å². The third-order valence-corrected chi connectivity index (χ3v) is 4.63. The van der Waals surface area contributed by atoms with Crippen LogP contribution >= 0.6 is 27.5 Å². The zero-order chi connectivity index (χ0) is 13.7. The molecule has 1 aliphatic rings. The summed E-state index contributed by atoms with van der Waals surface area (Å²) in [6, 6.07) is 6.27. The topological polar surface area (TPSA) is 32.3 Å². The van der Waals surface area contributed by atoms with Crippen molar-refractivity contribution in [2.24, 2.45) is 0 Å². The van der Waals surface area contributed by atoms with E-state index in [1.54, 1.807) is 0 Å². The summed E-state index contributed by atoms with van der Waals surface area (Å²) in [6.45, 7) is 0.0812. The second-order valence-corrected chi connectivity index (χ2v) is 6.58. The molecule has 0 heterocycles. The summed E-state index contributed by atoms with van der Waals surface area (Å²) in [6.07, 6.45) is 7.63. The predicted molar refractivity (Wildman–Crippen MR) is 83.6 cm³/mol. The fourth-order valence-electron chi connectivity index (χ4n) is 2.76. The highest BCUT2D eigenvalue weighted by molar-refractivity contribution is 9.10. The fourth-order valence-corrected chi connectivity index (χ4v) is 3.56. The first-order chi connectivity index (χ1) is 9.20. The molecule has 4 heteroatoms. The van der Waals surface area contributed by atoms with Crippen LogP contribution in [0.2, 0.25) is 5.02 Å². The Balaban J connectivity index is 2.06. The molecule has 1 unspecified atom stereocenters. The van der Waals surface area contributed by atoms with E-state index in [0.717, 1.165) is 10.0 Å². The predicted octanol–water partition coefficient (Wildman–Crippen LogP) is 4.45. The van der Waals surface area contributed by atoms with Crippen LogP contribution in [0.15, 0.2) is 22.7 Å². The van der Waals surface area contributed by atoms with Gasteiger partial charge in [-0.3, -0.25) is 0 Å². The number of hydrogen-bond donors (Lipinski definition) is 2. The average Bonchev–Trinajstić information content (AvgIpc) is 2.65. The van der Waals surface area contributed by atoms with Gasteiger partial charge in [-0.2, -0.15) is 0 Å². The zero-order valence-electron chi connectivity index (χ0n) is 11.0. The van der Waals surface area contributed by atoms with E-state index in [1.807, 2.05) is 18.2 Å². The lowest BCUT2D eigenvalue weighted by Gasteiger charge is -2.24. The van der Waals surface area contributed by atoms with Gasteiger partial charge in [-0.05, 0) is 30.5 Å². The Bertz CT molecular complexity index is 405. The highest BCUT2D eigenvalue weighted by Crippen LogP contribution is 2.28. The molecular weight excluding hydrogens is 326 g/mol. The van der Waals surface area contributed by atoms with Crippen molar-refractivity contribution in [1.29, 1.82) is 0 Å². The lowest BCUT2D eigenvalue weighted by Crippen LogP contribution is -2.34. The molecule has 2 nitrogen and oxygen atoms in total. The number of halogens is 2. The highest BCUT2D eigenvalue weighted by atomic mass is 79.9. The first-order valence-corrected chi connectivity index (χ1v) is 8.19. The molecule has 1 aliphatic carbocycles. The summed E-state index contributed by atoms with van der Waals surface area (Å²) >= 11 is 9.68. The Kier molecular flexibility index (Phi) is 6.14. The second kappa shape index (κ2) is 7.63. The summed E-state index contributed by atoms with van der Waals surface area (Å²) in [5.74, 6) is 0. The number of aliphatic hydroxyl groups is 1. The molecule has 1 aromatic rings. The molecule has 1 fully saturated rings. The van der Waals surface area contributed by atoms with E-state index in [-0.39, 0.29) is 12.6 Å². The van der Waals surface area contributed by atoms with Gasteiger partial charge >= 0.3 is 0 Å². The number of benzene rings is 1. The quantitative estimate of drug-likeness (QED) is 0.790. The number of nitrogens with one attached hydrogen (secondary N) is 1. The van der Waals surface area contributed by atoms with E-state index in [2.05, 4.69) is 21.2 Å². The minimum atomic E-state index is -0.0660. The van der Waals surface area contributed by atoms with E-state index in [9.17, 15) is 5.11 Å². The first kappa shape index (κ1) is 15.3. The zero-order valence-corrected chi connectivity index (χ0v) is 13.4. The molecule has 0 saturated heterocycles. The third-order valence-electron chi connectivity index (χ3n) is 3.81. The Hall–Kier alpha value is -0.0900. The molecule has 0 amide bonds. The lowest BCUT2D eigenvalue weighted by atomic mass is 10.0. The van der Waals surface area contributed by atoms with Gasteiger partial charge in [-0.15, -0.1) is 0 Å². The van der Waals surface area contributed by atoms with Crippen molar-refractivity contribution in [3.63, 3.8) is 0 Å². The molecule has 0 bridgehead atoms. The third kappa shape index (κ3) is 4.45. The largest absolute Gasteiger partial charge is 0.394 e. The standard InChI is InChI=1S/C15H21BrClNO/c16-11-7-8-13(14(17)9-11)15(10-19)18-12-5-3-1-2-4-6-12/h7-9,12,15,18-19H,1-6,10H2. The molecule has 1 saturated carbocycles. The molecule has 19 heavy (non-hydrogen) atoms. The maximum absolute atomic E-state index is 9.64. The molecule has 106 valence electrons. The minimum absolute atomic E-state index is 0.0660. The smallest absolute Gasteiger partial charge is 0.0627 e. The van der Waals surface area contributed by atoms with Gasteiger partial charge in [0, 0.05) is 15.5 Å². The van der Waals surface area contributed by atoms with Gasteiger partial charge in [0.05, 0.1) is 12.6 Å². The van der Waals surface area contributed by atoms with Crippen LogP contribution in [0.1, 0.15) is 50.1 Å². The maximum atomic E-state index is 9.64. The van der Waals surface area contributed by atoms with E-state index in [0.29, 0.717) is 11.1 Å². The van der Waals surface area contributed by atoms with Crippen LogP contribution in [0.5, 0.6) is 0 Å². The Labute approximate surface area is 128 Å². The van der Waals surface area contributed by atoms with Crippen molar-refractivity contribution in [3.8, 4) is 0 Å². The van der Waals surface area contributed by atoms with Crippen molar-refractivity contribution in [2.45, 2.75) is 50.6 Å².